The largest absolute Gasteiger partial charge is 0.493 e. The molecule has 0 saturated heterocycles. The SMILES string of the molecule is Cc1cc(OCC(C)C)c(CCCC(=O)O)cc1Cl. The molecule has 0 aliphatic heterocycles. The van der Waals surface area contributed by atoms with Crippen molar-refractivity contribution in [2.24, 2.45) is 5.92 Å². The van der Waals surface area contributed by atoms with Crippen molar-refractivity contribution in [1.29, 1.82) is 0 Å². The van der Waals surface area contributed by atoms with Gasteiger partial charge in [0.1, 0.15) is 5.75 Å². The fourth-order valence-electron chi connectivity index (χ4n) is 1.71. The van der Waals surface area contributed by atoms with Crippen molar-refractivity contribution in [3.05, 3.63) is 28.3 Å². The number of carbonyl (C=O) groups is 1. The van der Waals surface area contributed by atoms with E-state index in [1.54, 1.807) is 0 Å². The normalized spacial score (nSPS) is 10.8. The molecule has 0 atom stereocenters. The van der Waals surface area contributed by atoms with Gasteiger partial charge >= 0.3 is 5.97 Å². The highest BCUT2D eigenvalue weighted by Crippen LogP contribution is 2.28. The van der Waals surface area contributed by atoms with Crippen molar-refractivity contribution < 1.29 is 14.6 Å². The van der Waals surface area contributed by atoms with Crippen LogP contribution < -0.4 is 4.74 Å². The van der Waals surface area contributed by atoms with Crippen molar-refractivity contribution in [2.75, 3.05) is 6.61 Å². The Morgan fingerprint density at radius 3 is 2.68 bits per heavy atom. The first-order chi connectivity index (χ1) is 8.90. The quantitative estimate of drug-likeness (QED) is 0.820. The Balaban J connectivity index is 2.80. The number of aliphatic carboxylic acids is 1. The molecule has 0 amide bonds. The van der Waals surface area contributed by atoms with E-state index in [2.05, 4.69) is 13.8 Å². The third-order valence-electron chi connectivity index (χ3n) is 2.75. The number of carboxylic acids is 1. The topological polar surface area (TPSA) is 46.5 Å². The fourth-order valence-corrected chi connectivity index (χ4v) is 1.90. The second-order valence-corrected chi connectivity index (χ2v) is 5.57. The molecule has 0 saturated carbocycles. The third kappa shape index (κ3) is 5.52. The van der Waals surface area contributed by atoms with E-state index < -0.39 is 5.97 Å². The summed E-state index contributed by atoms with van der Waals surface area (Å²) in [5.74, 6) is 0.492. The summed E-state index contributed by atoms with van der Waals surface area (Å²) in [5, 5.41) is 9.37. The molecule has 0 aliphatic rings. The van der Waals surface area contributed by atoms with Crippen LogP contribution in [-0.2, 0) is 11.2 Å². The average molecular weight is 285 g/mol. The van der Waals surface area contributed by atoms with E-state index in [1.807, 2.05) is 19.1 Å². The first kappa shape index (κ1) is 15.8. The first-order valence-electron chi connectivity index (χ1n) is 6.53. The number of hydrogen-bond acceptors (Lipinski definition) is 2. The van der Waals surface area contributed by atoms with Crippen LogP contribution in [0.5, 0.6) is 5.75 Å². The molecular formula is C15H21ClO3. The summed E-state index contributed by atoms with van der Waals surface area (Å²) >= 11 is 6.12. The van der Waals surface area contributed by atoms with Crippen LogP contribution in [0.25, 0.3) is 0 Å². The van der Waals surface area contributed by atoms with E-state index in [-0.39, 0.29) is 6.42 Å². The Morgan fingerprint density at radius 2 is 2.11 bits per heavy atom. The smallest absolute Gasteiger partial charge is 0.303 e. The maximum Gasteiger partial charge on any atom is 0.303 e. The van der Waals surface area contributed by atoms with Gasteiger partial charge in [-0.2, -0.15) is 0 Å². The van der Waals surface area contributed by atoms with Crippen LogP contribution in [-0.4, -0.2) is 17.7 Å². The molecule has 1 N–H and O–H groups in total. The van der Waals surface area contributed by atoms with Crippen LogP contribution in [0.4, 0.5) is 0 Å². The minimum Gasteiger partial charge on any atom is -0.493 e. The number of rotatable bonds is 7. The minimum atomic E-state index is -0.775. The van der Waals surface area contributed by atoms with Crippen molar-refractivity contribution in [3.8, 4) is 5.75 Å². The number of ether oxygens (including phenoxy) is 1. The van der Waals surface area contributed by atoms with Gasteiger partial charge in [-0.15, -0.1) is 0 Å². The Kier molecular flexibility index (Phi) is 6.16. The lowest BCUT2D eigenvalue weighted by Crippen LogP contribution is -2.07. The van der Waals surface area contributed by atoms with E-state index in [1.165, 1.54) is 0 Å². The van der Waals surface area contributed by atoms with Crippen molar-refractivity contribution in [3.63, 3.8) is 0 Å². The molecule has 0 radical (unpaired) electrons. The monoisotopic (exact) mass is 284 g/mol. The second-order valence-electron chi connectivity index (χ2n) is 5.16. The number of carboxylic acid groups (broad SMARTS) is 1. The zero-order chi connectivity index (χ0) is 14.4. The van der Waals surface area contributed by atoms with Gasteiger partial charge in [-0.3, -0.25) is 4.79 Å². The highest BCUT2D eigenvalue weighted by molar-refractivity contribution is 6.31. The van der Waals surface area contributed by atoms with Crippen LogP contribution in [0.2, 0.25) is 5.02 Å². The van der Waals surface area contributed by atoms with Gasteiger partial charge in [-0.1, -0.05) is 25.4 Å². The van der Waals surface area contributed by atoms with Gasteiger partial charge in [0.2, 0.25) is 0 Å². The zero-order valence-corrected chi connectivity index (χ0v) is 12.5. The Labute approximate surface area is 119 Å². The number of benzene rings is 1. The summed E-state index contributed by atoms with van der Waals surface area (Å²) in [7, 11) is 0. The third-order valence-corrected chi connectivity index (χ3v) is 3.16. The van der Waals surface area contributed by atoms with Crippen molar-refractivity contribution in [2.45, 2.75) is 40.0 Å². The molecule has 19 heavy (non-hydrogen) atoms. The number of halogens is 1. The van der Waals surface area contributed by atoms with E-state index in [9.17, 15) is 4.79 Å². The summed E-state index contributed by atoms with van der Waals surface area (Å²) in [4.78, 5) is 10.6. The Morgan fingerprint density at radius 1 is 1.42 bits per heavy atom. The standard InChI is InChI=1S/C15H21ClO3/c1-10(2)9-19-14-7-11(3)13(16)8-12(14)5-4-6-15(17)18/h7-8,10H,4-6,9H2,1-3H3,(H,17,18). The van der Waals surface area contributed by atoms with Crippen molar-refractivity contribution in [1.82, 2.24) is 0 Å². The maximum absolute atomic E-state index is 10.6. The first-order valence-corrected chi connectivity index (χ1v) is 6.91. The van der Waals surface area contributed by atoms with Crippen molar-refractivity contribution >= 4 is 17.6 Å². The molecule has 4 heteroatoms. The lowest BCUT2D eigenvalue weighted by molar-refractivity contribution is -0.137. The van der Waals surface area contributed by atoms with E-state index >= 15 is 0 Å². The lowest BCUT2D eigenvalue weighted by atomic mass is 10.0. The molecule has 3 nitrogen and oxygen atoms in total. The number of hydrogen-bond donors (Lipinski definition) is 1. The van der Waals surface area contributed by atoms with Gasteiger partial charge in [0, 0.05) is 11.4 Å². The van der Waals surface area contributed by atoms with Crippen LogP contribution in [0, 0.1) is 12.8 Å². The molecule has 0 heterocycles. The predicted molar refractivity (Wildman–Crippen MR) is 77.1 cm³/mol. The molecule has 106 valence electrons. The van der Waals surface area contributed by atoms with Crippen LogP contribution in [0.1, 0.15) is 37.8 Å². The van der Waals surface area contributed by atoms with E-state index in [0.717, 1.165) is 16.9 Å². The summed E-state index contributed by atoms with van der Waals surface area (Å²) < 4.78 is 5.79. The van der Waals surface area contributed by atoms with Gasteiger partial charge in [0.05, 0.1) is 6.61 Å². The summed E-state index contributed by atoms with van der Waals surface area (Å²) in [6.45, 7) is 6.76. The van der Waals surface area contributed by atoms with Crippen LogP contribution >= 0.6 is 11.6 Å². The fraction of sp³-hybridized carbons (Fsp3) is 0.533. The molecular weight excluding hydrogens is 264 g/mol. The zero-order valence-electron chi connectivity index (χ0n) is 11.7. The van der Waals surface area contributed by atoms with Gasteiger partial charge in [-0.25, -0.2) is 0 Å². The maximum atomic E-state index is 10.6. The summed E-state index contributed by atoms with van der Waals surface area (Å²) in [5.41, 5.74) is 1.96. The molecule has 1 aromatic carbocycles. The van der Waals surface area contributed by atoms with E-state index in [0.29, 0.717) is 30.4 Å². The molecule has 0 spiro atoms. The van der Waals surface area contributed by atoms with Gasteiger partial charge in [0.25, 0.3) is 0 Å². The second kappa shape index (κ2) is 7.39. The lowest BCUT2D eigenvalue weighted by Gasteiger charge is -2.15. The molecule has 1 aromatic rings. The highest BCUT2D eigenvalue weighted by atomic mass is 35.5. The minimum absolute atomic E-state index is 0.162. The molecule has 0 unspecified atom stereocenters. The predicted octanol–water partition coefficient (Wildman–Crippen LogP) is 4.09. The molecule has 0 aliphatic carbocycles. The molecule has 0 aromatic heterocycles. The van der Waals surface area contributed by atoms with E-state index in [4.69, 9.17) is 21.4 Å². The Hall–Kier alpha value is -1.22. The highest BCUT2D eigenvalue weighted by Gasteiger charge is 2.09. The summed E-state index contributed by atoms with van der Waals surface area (Å²) in [6, 6.07) is 3.81. The van der Waals surface area contributed by atoms with Crippen LogP contribution in [0.3, 0.4) is 0 Å². The molecule has 1 rings (SSSR count). The Bertz CT molecular complexity index is 441. The number of aryl methyl sites for hydroxylation is 2. The van der Waals surface area contributed by atoms with Gasteiger partial charge in [0.15, 0.2) is 0 Å². The van der Waals surface area contributed by atoms with Gasteiger partial charge < -0.3 is 9.84 Å². The summed E-state index contributed by atoms with van der Waals surface area (Å²) in [6.07, 6.45) is 1.42. The van der Waals surface area contributed by atoms with Gasteiger partial charge in [-0.05, 0) is 48.9 Å². The molecule has 0 bridgehead atoms. The van der Waals surface area contributed by atoms with Crippen LogP contribution in [0.15, 0.2) is 12.1 Å². The molecule has 0 fully saturated rings. The average Bonchev–Trinajstić information content (AvgIpc) is 2.31.